The third-order valence-electron chi connectivity index (χ3n) is 9.31. The van der Waals surface area contributed by atoms with Gasteiger partial charge in [-0.15, -0.1) is 0 Å². The summed E-state index contributed by atoms with van der Waals surface area (Å²) in [6.45, 7) is 3.55. The zero-order valence-corrected chi connectivity index (χ0v) is 33.5. The fraction of sp³-hybridized carbons (Fsp3) is 0.279. The van der Waals surface area contributed by atoms with Gasteiger partial charge in [-0.2, -0.15) is 0 Å². The number of hydrogen-bond acceptors (Lipinski definition) is 12. The number of benzene rings is 4. The predicted octanol–water partition coefficient (Wildman–Crippen LogP) is 4.26. The van der Waals surface area contributed by atoms with Crippen LogP contribution in [0.2, 0.25) is 0 Å². The van der Waals surface area contributed by atoms with E-state index in [1.807, 2.05) is 62.4 Å². The van der Waals surface area contributed by atoms with Crippen molar-refractivity contribution >= 4 is 35.1 Å². The van der Waals surface area contributed by atoms with Crippen LogP contribution in [0.25, 0.3) is 5.69 Å². The third-order valence-corrected chi connectivity index (χ3v) is 9.31. The molecule has 0 radical (unpaired) electrons. The van der Waals surface area contributed by atoms with Gasteiger partial charge < -0.3 is 31.2 Å². The zero-order chi connectivity index (χ0) is 43.9. The van der Waals surface area contributed by atoms with E-state index in [0.29, 0.717) is 17.9 Å². The number of hydrogen-bond donors (Lipinski definition) is 4. The first-order chi connectivity index (χ1) is 29.3. The molecule has 4 aromatic carbocycles. The highest BCUT2D eigenvalue weighted by molar-refractivity contribution is 5.94. The molecule has 0 aliphatic rings. The van der Waals surface area contributed by atoms with Crippen LogP contribution in [0.1, 0.15) is 42.7 Å². The fourth-order valence-corrected chi connectivity index (χ4v) is 6.23. The molecule has 3 atom stereocenters. The Morgan fingerprint density at radius 3 is 1.97 bits per heavy atom. The molecule has 0 fully saturated rings. The van der Waals surface area contributed by atoms with Crippen LogP contribution in [0.5, 0.6) is 5.75 Å². The molecule has 5 aromatic rings. The Hall–Kier alpha value is -7.47. The second kappa shape index (κ2) is 21.5. The Morgan fingerprint density at radius 1 is 0.738 bits per heavy atom. The number of amides is 3. The van der Waals surface area contributed by atoms with Gasteiger partial charge >= 0.3 is 5.97 Å². The SMILES string of the molecule is CC(C)C[C@H](NC(=O)[C@H](Cc1cn(-c2ccc([N+](=O)[O-])cc2[N+](=O)[O-])cn1)NC(=O)CN)C(=O)N[C@@H](Cc1ccc(OCc2ccccc2)cc1)C(=O)OCc1ccccc1. The molecule has 61 heavy (non-hydrogen) atoms. The summed E-state index contributed by atoms with van der Waals surface area (Å²) in [6.07, 6.45) is 2.55. The maximum atomic E-state index is 14.1. The number of nitrogens with one attached hydrogen (secondary N) is 3. The number of ether oxygens (including phenoxy) is 2. The summed E-state index contributed by atoms with van der Waals surface area (Å²) in [5.41, 5.74) is 7.12. The van der Waals surface area contributed by atoms with Gasteiger partial charge in [0, 0.05) is 25.1 Å². The number of rotatable bonds is 21. The smallest absolute Gasteiger partial charge is 0.329 e. The quantitative estimate of drug-likeness (QED) is 0.0460. The van der Waals surface area contributed by atoms with Crippen molar-refractivity contribution in [1.82, 2.24) is 25.5 Å². The molecule has 318 valence electrons. The van der Waals surface area contributed by atoms with Crippen LogP contribution in [0.3, 0.4) is 0 Å². The van der Waals surface area contributed by atoms with Gasteiger partial charge in [0.05, 0.1) is 34.5 Å². The minimum absolute atomic E-state index is 0.0285. The van der Waals surface area contributed by atoms with Gasteiger partial charge in [0.25, 0.3) is 11.4 Å². The average molecular weight is 835 g/mol. The molecule has 0 saturated heterocycles. The predicted molar refractivity (Wildman–Crippen MR) is 222 cm³/mol. The van der Waals surface area contributed by atoms with E-state index < -0.39 is 69.6 Å². The summed E-state index contributed by atoms with van der Waals surface area (Å²) >= 11 is 0. The lowest BCUT2D eigenvalue weighted by Gasteiger charge is -2.26. The number of aromatic nitrogens is 2. The number of imidazole rings is 1. The molecular weight excluding hydrogens is 789 g/mol. The number of carbonyl (C=O) groups excluding carboxylic acids is 4. The second-order valence-electron chi connectivity index (χ2n) is 14.5. The van der Waals surface area contributed by atoms with E-state index in [0.717, 1.165) is 23.3 Å². The topological polar surface area (TPSA) is 253 Å². The van der Waals surface area contributed by atoms with E-state index >= 15 is 0 Å². The molecule has 5 rings (SSSR count). The third kappa shape index (κ3) is 13.3. The van der Waals surface area contributed by atoms with Gasteiger partial charge in [-0.3, -0.25) is 39.2 Å². The summed E-state index contributed by atoms with van der Waals surface area (Å²) in [5.74, 6) is -2.34. The largest absolute Gasteiger partial charge is 0.489 e. The van der Waals surface area contributed by atoms with Crippen molar-refractivity contribution in [3.63, 3.8) is 0 Å². The van der Waals surface area contributed by atoms with Crippen LogP contribution in [-0.4, -0.2) is 67.8 Å². The number of nitrogens with two attached hydrogens (primary N) is 1. The molecule has 5 N–H and O–H groups in total. The molecule has 0 aliphatic heterocycles. The number of nitrogens with zero attached hydrogens (tertiary/aromatic N) is 4. The molecule has 1 aromatic heterocycles. The number of esters is 1. The van der Waals surface area contributed by atoms with Crippen LogP contribution in [0.15, 0.2) is 116 Å². The van der Waals surface area contributed by atoms with Gasteiger partial charge in [0.2, 0.25) is 17.7 Å². The van der Waals surface area contributed by atoms with Crippen LogP contribution >= 0.6 is 0 Å². The van der Waals surface area contributed by atoms with Crippen molar-refractivity contribution in [2.75, 3.05) is 6.54 Å². The lowest BCUT2D eigenvalue weighted by atomic mass is 10.0. The van der Waals surface area contributed by atoms with Crippen molar-refractivity contribution in [2.24, 2.45) is 11.7 Å². The van der Waals surface area contributed by atoms with Crippen LogP contribution in [0.4, 0.5) is 11.4 Å². The minimum Gasteiger partial charge on any atom is -0.489 e. The zero-order valence-electron chi connectivity index (χ0n) is 33.5. The maximum absolute atomic E-state index is 14.1. The molecule has 0 unspecified atom stereocenters. The Labute approximate surface area is 350 Å². The lowest BCUT2D eigenvalue weighted by Crippen LogP contribution is -2.57. The number of nitro groups is 2. The van der Waals surface area contributed by atoms with Crippen molar-refractivity contribution in [3.05, 3.63) is 158 Å². The second-order valence-corrected chi connectivity index (χ2v) is 14.5. The highest BCUT2D eigenvalue weighted by Crippen LogP contribution is 2.28. The molecule has 1 heterocycles. The van der Waals surface area contributed by atoms with E-state index in [1.54, 1.807) is 36.4 Å². The molecule has 3 amide bonds. The van der Waals surface area contributed by atoms with E-state index in [1.165, 1.54) is 23.2 Å². The van der Waals surface area contributed by atoms with Crippen molar-refractivity contribution in [2.45, 2.75) is 64.4 Å². The minimum atomic E-state index is -1.32. The van der Waals surface area contributed by atoms with E-state index in [2.05, 4.69) is 20.9 Å². The lowest BCUT2D eigenvalue weighted by molar-refractivity contribution is -0.394. The molecule has 18 heteroatoms. The Bertz CT molecular complexity index is 2300. The molecule has 0 bridgehead atoms. The first-order valence-electron chi connectivity index (χ1n) is 19.3. The normalized spacial score (nSPS) is 12.4. The summed E-state index contributed by atoms with van der Waals surface area (Å²) < 4.78 is 12.8. The van der Waals surface area contributed by atoms with Crippen molar-refractivity contribution < 1.29 is 38.5 Å². The van der Waals surface area contributed by atoms with Gasteiger partial charge in [0.15, 0.2) is 0 Å². The standard InChI is InChI=1S/C43H46N8O10/c1-28(2)19-35(47-42(54)36(46-40(52)23-44)21-32-24-49(27-45-32)38-18-15-33(50(56)57)22-39(38)51(58)59)41(53)48-37(43(55)61-26-31-11-7-4-8-12-31)20-29-13-16-34(17-14-29)60-25-30-9-5-3-6-10-30/h3-18,22,24,27-28,35-37H,19-21,23,25-26,44H2,1-2H3,(H,46,52)(H,47,54)(H,48,53)/t35-,36-,37-/m0/s1. The number of carbonyl (C=O) groups is 4. The molecule has 0 spiro atoms. The number of nitro benzene ring substituents is 2. The Morgan fingerprint density at radius 2 is 1.36 bits per heavy atom. The average Bonchev–Trinajstić information content (AvgIpc) is 3.73. The Kier molecular flexibility index (Phi) is 15.7. The van der Waals surface area contributed by atoms with Gasteiger partial charge in [-0.1, -0.05) is 86.6 Å². The summed E-state index contributed by atoms with van der Waals surface area (Å²) in [4.78, 5) is 79.9. The van der Waals surface area contributed by atoms with Crippen LogP contribution in [-0.2, 0) is 50.0 Å². The molecular formula is C43H46N8O10. The van der Waals surface area contributed by atoms with Gasteiger partial charge in [-0.05, 0) is 47.2 Å². The molecule has 0 saturated carbocycles. The number of non-ortho nitro benzene ring substituents is 1. The highest BCUT2D eigenvalue weighted by Gasteiger charge is 2.32. The monoisotopic (exact) mass is 834 g/mol. The summed E-state index contributed by atoms with van der Waals surface area (Å²) in [5, 5.41) is 31.0. The van der Waals surface area contributed by atoms with Gasteiger partial charge in [0.1, 0.15) is 42.8 Å². The van der Waals surface area contributed by atoms with Crippen molar-refractivity contribution in [3.8, 4) is 11.4 Å². The maximum Gasteiger partial charge on any atom is 0.329 e. The summed E-state index contributed by atoms with van der Waals surface area (Å²) in [7, 11) is 0. The first-order valence-corrected chi connectivity index (χ1v) is 19.3. The Balaban J connectivity index is 1.33. The fourth-order valence-electron chi connectivity index (χ4n) is 6.23. The first kappa shape index (κ1) is 44.6. The van der Waals surface area contributed by atoms with Crippen LogP contribution in [0, 0.1) is 26.1 Å². The summed E-state index contributed by atoms with van der Waals surface area (Å²) in [6, 6.07) is 25.3. The van der Waals surface area contributed by atoms with Gasteiger partial charge in [-0.25, -0.2) is 9.78 Å². The van der Waals surface area contributed by atoms with E-state index in [4.69, 9.17) is 15.2 Å². The van der Waals surface area contributed by atoms with E-state index in [9.17, 15) is 39.4 Å². The molecule has 18 nitrogen and oxygen atoms in total. The molecule has 0 aliphatic carbocycles. The van der Waals surface area contributed by atoms with Crippen molar-refractivity contribution in [1.29, 1.82) is 0 Å². The van der Waals surface area contributed by atoms with Crippen LogP contribution < -0.4 is 26.4 Å². The van der Waals surface area contributed by atoms with E-state index in [-0.39, 0.29) is 43.2 Å². The highest BCUT2D eigenvalue weighted by atomic mass is 16.6.